The first-order valence-electron chi connectivity index (χ1n) is 4.17. The van der Waals surface area contributed by atoms with E-state index in [1.165, 1.54) is 5.56 Å². The first kappa shape index (κ1) is 7.98. The first-order chi connectivity index (χ1) is 6.45. The Morgan fingerprint density at radius 1 is 1.23 bits per heavy atom. The largest absolute Gasteiger partial charge is 0.459 e. The Morgan fingerprint density at radius 3 is 2.77 bits per heavy atom. The van der Waals surface area contributed by atoms with Gasteiger partial charge in [-0.1, -0.05) is 30.3 Å². The smallest absolute Gasteiger partial charge is 0.232 e. The maximum absolute atomic E-state index is 5.10. The molecule has 0 radical (unpaired) electrons. The van der Waals surface area contributed by atoms with E-state index in [-0.39, 0.29) is 0 Å². The molecule has 13 heavy (non-hydrogen) atoms. The Hall–Kier alpha value is -1.64. The maximum atomic E-state index is 5.10. The predicted octanol–water partition coefficient (Wildman–Crippen LogP) is 1.58. The zero-order valence-corrected chi connectivity index (χ0v) is 7.19. The van der Waals surface area contributed by atoms with Crippen LogP contribution in [0.3, 0.4) is 0 Å². The molecule has 3 nitrogen and oxygen atoms in total. The van der Waals surface area contributed by atoms with Crippen LogP contribution in [0.1, 0.15) is 5.56 Å². The number of rotatable bonds is 3. The minimum atomic E-state index is 0.317. The van der Waals surface area contributed by atoms with Crippen molar-refractivity contribution in [3.8, 4) is 0 Å². The van der Waals surface area contributed by atoms with Gasteiger partial charge in [0, 0.05) is 6.54 Å². The van der Waals surface area contributed by atoms with Gasteiger partial charge in [0.1, 0.15) is 6.26 Å². The second kappa shape index (κ2) is 3.85. The fourth-order valence-electron chi connectivity index (χ4n) is 1.12. The topological polar surface area (TPSA) is 30.5 Å². The normalized spacial score (nSPS) is 14.3. The Balaban J connectivity index is 1.86. The molecule has 1 aromatic carbocycles. The van der Waals surface area contributed by atoms with Crippen molar-refractivity contribution in [2.24, 2.45) is 0 Å². The van der Waals surface area contributed by atoms with E-state index >= 15 is 0 Å². The molecule has 1 N–H and O–H groups in total. The van der Waals surface area contributed by atoms with Gasteiger partial charge in [0.15, 0.2) is 0 Å². The van der Waals surface area contributed by atoms with Crippen LogP contribution in [0.5, 0.6) is 0 Å². The Morgan fingerprint density at radius 2 is 2.08 bits per heavy atom. The highest BCUT2D eigenvalue weighted by Gasteiger charge is 2.03. The lowest BCUT2D eigenvalue weighted by Gasteiger charge is -2.04. The van der Waals surface area contributed by atoms with Crippen LogP contribution >= 0.6 is 0 Å². The van der Waals surface area contributed by atoms with Crippen LogP contribution in [0.4, 0.5) is 0 Å². The van der Waals surface area contributed by atoms with E-state index in [1.807, 2.05) is 18.2 Å². The van der Waals surface area contributed by atoms with Crippen molar-refractivity contribution in [1.82, 2.24) is 5.32 Å². The molecular formula is C10H11NO2. The van der Waals surface area contributed by atoms with Crippen molar-refractivity contribution >= 4 is 0 Å². The Bertz CT molecular complexity index is 295. The highest BCUT2D eigenvalue weighted by molar-refractivity contribution is 5.14. The lowest BCUT2D eigenvalue weighted by atomic mass is 10.2. The molecule has 0 unspecified atom stereocenters. The van der Waals surface area contributed by atoms with Gasteiger partial charge in [-0.3, -0.25) is 0 Å². The molecule has 1 aliphatic heterocycles. The van der Waals surface area contributed by atoms with Gasteiger partial charge in [0.25, 0.3) is 0 Å². The summed E-state index contributed by atoms with van der Waals surface area (Å²) >= 11 is 0. The van der Waals surface area contributed by atoms with Crippen LogP contribution in [-0.4, -0.2) is 6.79 Å². The van der Waals surface area contributed by atoms with Gasteiger partial charge >= 0.3 is 0 Å². The van der Waals surface area contributed by atoms with Crippen LogP contribution in [-0.2, 0) is 16.0 Å². The number of benzene rings is 1. The van der Waals surface area contributed by atoms with E-state index in [9.17, 15) is 0 Å². The molecule has 1 aromatic rings. The summed E-state index contributed by atoms with van der Waals surface area (Å²) in [5.74, 6) is 0.698. The molecule has 0 bridgehead atoms. The van der Waals surface area contributed by atoms with E-state index in [0.717, 1.165) is 6.54 Å². The first-order valence-corrected chi connectivity index (χ1v) is 4.17. The van der Waals surface area contributed by atoms with E-state index in [0.29, 0.717) is 12.7 Å². The van der Waals surface area contributed by atoms with Crippen LogP contribution < -0.4 is 5.32 Å². The minimum Gasteiger partial charge on any atom is -0.459 e. The summed E-state index contributed by atoms with van der Waals surface area (Å²) < 4.78 is 10.0. The van der Waals surface area contributed by atoms with E-state index in [2.05, 4.69) is 17.4 Å². The summed E-state index contributed by atoms with van der Waals surface area (Å²) in [7, 11) is 0. The van der Waals surface area contributed by atoms with Crippen molar-refractivity contribution in [1.29, 1.82) is 0 Å². The van der Waals surface area contributed by atoms with Crippen molar-refractivity contribution in [3.05, 3.63) is 48.0 Å². The number of hydrogen-bond acceptors (Lipinski definition) is 3. The quantitative estimate of drug-likeness (QED) is 0.760. The predicted molar refractivity (Wildman–Crippen MR) is 48.4 cm³/mol. The van der Waals surface area contributed by atoms with Crippen LogP contribution in [0.25, 0.3) is 0 Å². The molecule has 0 saturated heterocycles. The van der Waals surface area contributed by atoms with Crippen molar-refractivity contribution in [2.75, 3.05) is 6.79 Å². The molecule has 1 aliphatic rings. The molecule has 0 aliphatic carbocycles. The molecular weight excluding hydrogens is 166 g/mol. The fourth-order valence-corrected chi connectivity index (χ4v) is 1.12. The highest BCUT2D eigenvalue weighted by Crippen LogP contribution is 2.04. The number of hydrogen-bond donors (Lipinski definition) is 1. The van der Waals surface area contributed by atoms with Crippen molar-refractivity contribution in [3.63, 3.8) is 0 Å². The number of ether oxygens (including phenoxy) is 2. The van der Waals surface area contributed by atoms with Crippen LogP contribution in [0, 0.1) is 0 Å². The summed E-state index contributed by atoms with van der Waals surface area (Å²) in [6.45, 7) is 1.08. The monoisotopic (exact) mass is 177 g/mol. The zero-order chi connectivity index (χ0) is 8.93. The molecule has 0 aromatic heterocycles. The summed E-state index contributed by atoms with van der Waals surface area (Å²) in [6.07, 6.45) is 1.59. The van der Waals surface area contributed by atoms with E-state index in [1.54, 1.807) is 6.26 Å². The van der Waals surface area contributed by atoms with Gasteiger partial charge < -0.3 is 14.8 Å². The second-order valence-electron chi connectivity index (χ2n) is 2.75. The summed E-state index contributed by atoms with van der Waals surface area (Å²) in [5, 5.41) is 3.11. The third-order valence-corrected chi connectivity index (χ3v) is 1.78. The molecule has 68 valence electrons. The summed E-state index contributed by atoms with van der Waals surface area (Å²) in [4.78, 5) is 0. The summed E-state index contributed by atoms with van der Waals surface area (Å²) in [5.41, 5.74) is 1.22. The van der Waals surface area contributed by atoms with E-state index < -0.39 is 0 Å². The lowest BCUT2D eigenvalue weighted by Crippen LogP contribution is -2.12. The average molecular weight is 177 g/mol. The van der Waals surface area contributed by atoms with Gasteiger partial charge in [-0.15, -0.1) is 0 Å². The van der Waals surface area contributed by atoms with Crippen molar-refractivity contribution < 1.29 is 9.47 Å². The standard InChI is InChI=1S/C10H11NO2/c1-2-4-9(5-3-1)6-11-10-7-12-8-13-10/h1-5,7,11H,6,8H2. The SMILES string of the molecule is C1=C(NCc2ccccc2)OCO1. The minimum absolute atomic E-state index is 0.317. The fraction of sp³-hybridized carbons (Fsp3) is 0.200. The molecule has 3 heteroatoms. The average Bonchev–Trinajstić information content (AvgIpc) is 2.69. The van der Waals surface area contributed by atoms with Gasteiger partial charge in [0.05, 0.1) is 0 Å². The molecule has 0 amide bonds. The third kappa shape index (κ3) is 2.15. The lowest BCUT2D eigenvalue weighted by molar-refractivity contribution is 0.0742. The van der Waals surface area contributed by atoms with Crippen LogP contribution in [0.2, 0.25) is 0 Å². The molecule has 0 fully saturated rings. The van der Waals surface area contributed by atoms with Gasteiger partial charge in [-0.2, -0.15) is 0 Å². The molecule has 2 rings (SSSR count). The van der Waals surface area contributed by atoms with Gasteiger partial charge in [0.2, 0.25) is 12.7 Å². The van der Waals surface area contributed by atoms with Gasteiger partial charge in [-0.25, -0.2) is 0 Å². The highest BCUT2D eigenvalue weighted by atomic mass is 16.7. The molecule has 0 atom stereocenters. The van der Waals surface area contributed by atoms with Crippen molar-refractivity contribution in [2.45, 2.75) is 6.54 Å². The molecule has 1 heterocycles. The number of nitrogens with one attached hydrogen (secondary N) is 1. The van der Waals surface area contributed by atoms with Crippen LogP contribution in [0.15, 0.2) is 42.5 Å². The maximum Gasteiger partial charge on any atom is 0.232 e. The van der Waals surface area contributed by atoms with Gasteiger partial charge in [-0.05, 0) is 5.56 Å². The molecule has 0 spiro atoms. The second-order valence-corrected chi connectivity index (χ2v) is 2.75. The Kier molecular flexibility index (Phi) is 2.36. The molecule has 0 saturated carbocycles. The zero-order valence-electron chi connectivity index (χ0n) is 7.19. The summed E-state index contributed by atoms with van der Waals surface area (Å²) in [6, 6.07) is 10.1. The Labute approximate surface area is 77.0 Å². The third-order valence-electron chi connectivity index (χ3n) is 1.78. The van der Waals surface area contributed by atoms with E-state index in [4.69, 9.17) is 9.47 Å².